The van der Waals surface area contributed by atoms with Crippen molar-refractivity contribution in [3.05, 3.63) is 23.8 Å². The Kier molecular flexibility index (Phi) is 12.1. The van der Waals surface area contributed by atoms with Gasteiger partial charge in [-0.05, 0) is 54.4 Å². The van der Waals surface area contributed by atoms with Gasteiger partial charge < -0.3 is 14.6 Å². The number of hydrogen-bond acceptors (Lipinski definition) is 3. The smallest absolute Gasteiger partial charge is 0.178 e. The summed E-state index contributed by atoms with van der Waals surface area (Å²) in [5.41, 5.74) is 1.78. The third-order valence-electron chi connectivity index (χ3n) is 7.18. The van der Waals surface area contributed by atoms with Crippen molar-refractivity contribution >= 4 is 0 Å². The largest absolute Gasteiger partial charge is 0.372 e. The number of aliphatic hydroxyl groups excluding tert-OH is 1. The van der Waals surface area contributed by atoms with Crippen LogP contribution in [0.3, 0.4) is 0 Å². The molecule has 0 saturated heterocycles. The van der Waals surface area contributed by atoms with Crippen LogP contribution in [0.15, 0.2) is 23.8 Å². The van der Waals surface area contributed by atoms with Crippen molar-refractivity contribution in [3.63, 3.8) is 0 Å². The maximum atomic E-state index is 10.4. The number of ether oxygens (including phenoxy) is 2. The van der Waals surface area contributed by atoms with Gasteiger partial charge in [-0.25, -0.2) is 0 Å². The maximum absolute atomic E-state index is 10.4. The lowest BCUT2D eigenvalue weighted by atomic mass is 9.67. The standard InChI is InChI=1S/C28H52O3/c1-9-16-23(24(26(4,5)6)21-27(7,8)10-2)17-15-20-30-22-25(29)31-28(11-3)18-13-12-14-19-28/h15-17,24-25,29H,9-14,18-22H2,1-8H3. The van der Waals surface area contributed by atoms with E-state index in [1.807, 2.05) is 0 Å². The van der Waals surface area contributed by atoms with Crippen molar-refractivity contribution in [3.8, 4) is 0 Å². The Morgan fingerprint density at radius 1 is 1.03 bits per heavy atom. The predicted octanol–water partition coefficient (Wildman–Crippen LogP) is 7.83. The van der Waals surface area contributed by atoms with Crippen molar-refractivity contribution in [2.45, 2.75) is 125 Å². The molecule has 0 aromatic heterocycles. The molecule has 2 unspecified atom stereocenters. The maximum Gasteiger partial charge on any atom is 0.178 e. The zero-order chi connectivity index (χ0) is 23.5. The molecule has 0 amide bonds. The highest BCUT2D eigenvalue weighted by Gasteiger charge is 2.34. The van der Waals surface area contributed by atoms with Crippen molar-refractivity contribution in [1.82, 2.24) is 0 Å². The summed E-state index contributed by atoms with van der Waals surface area (Å²) in [4.78, 5) is 0. The van der Waals surface area contributed by atoms with E-state index in [0.717, 1.165) is 25.7 Å². The predicted molar refractivity (Wildman–Crippen MR) is 133 cm³/mol. The van der Waals surface area contributed by atoms with Crippen LogP contribution < -0.4 is 0 Å². The molecule has 0 aromatic carbocycles. The fourth-order valence-electron chi connectivity index (χ4n) is 4.68. The molecular formula is C28H52O3. The van der Waals surface area contributed by atoms with Crippen LogP contribution in [0.2, 0.25) is 0 Å². The first-order valence-electron chi connectivity index (χ1n) is 12.8. The minimum Gasteiger partial charge on any atom is -0.372 e. The molecule has 182 valence electrons. The summed E-state index contributed by atoms with van der Waals surface area (Å²) in [5, 5.41) is 10.4. The van der Waals surface area contributed by atoms with Gasteiger partial charge in [0.25, 0.3) is 0 Å². The Hall–Kier alpha value is -0.640. The lowest BCUT2D eigenvalue weighted by Crippen LogP contribution is -2.39. The molecule has 0 aliphatic heterocycles. The zero-order valence-corrected chi connectivity index (χ0v) is 21.9. The van der Waals surface area contributed by atoms with Crippen LogP contribution in [0, 0.1) is 16.7 Å². The minimum absolute atomic E-state index is 0.153. The summed E-state index contributed by atoms with van der Waals surface area (Å²) in [6.45, 7) is 19.2. The molecule has 0 radical (unpaired) electrons. The average Bonchev–Trinajstić information content (AvgIpc) is 2.71. The summed E-state index contributed by atoms with van der Waals surface area (Å²) in [6.07, 6.45) is 16.0. The highest BCUT2D eigenvalue weighted by Crippen LogP contribution is 2.42. The Morgan fingerprint density at radius 3 is 2.19 bits per heavy atom. The molecule has 1 N–H and O–H groups in total. The molecule has 0 aromatic rings. The molecule has 1 saturated carbocycles. The Bertz CT molecular complexity index is 547. The molecular weight excluding hydrogens is 384 g/mol. The number of rotatable bonds is 13. The SMILES string of the molecule is CCC=C(C=CCOCC(O)OC1(CC)CCCCC1)C(CC(C)(C)CC)C(C)(C)C. The van der Waals surface area contributed by atoms with E-state index < -0.39 is 6.29 Å². The van der Waals surface area contributed by atoms with Gasteiger partial charge in [-0.3, -0.25) is 0 Å². The molecule has 1 rings (SSSR count). The Balaban J connectivity index is 2.64. The summed E-state index contributed by atoms with van der Waals surface area (Å²) in [6, 6.07) is 0. The molecule has 0 bridgehead atoms. The van der Waals surface area contributed by atoms with E-state index in [4.69, 9.17) is 9.47 Å². The van der Waals surface area contributed by atoms with Crippen LogP contribution in [-0.4, -0.2) is 30.2 Å². The summed E-state index contributed by atoms with van der Waals surface area (Å²) < 4.78 is 11.8. The second-order valence-corrected chi connectivity index (χ2v) is 11.4. The lowest BCUT2D eigenvalue weighted by Gasteiger charge is -2.38. The van der Waals surface area contributed by atoms with Crippen LogP contribution in [0.4, 0.5) is 0 Å². The molecule has 3 nitrogen and oxygen atoms in total. The molecule has 31 heavy (non-hydrogen) atoms. The van der Waals surface area contributed by atoms with Gasteiger partial charge in [0.05, 0.1) is 18.8 Å². The highest BCUT2D eigenvalue weighted by atomic mass is 16.6. The number of allylic oxidation sites excluding steroid dienone is 3. The normalized spacial score (nSPS) is 20.2. The van der Waals surface area contributed by atoms with Crippen molar-refractivity contribution in [2.75, 3.05) is 13.2 Å². The molecule has 1 aliphatic rings. The quantitative estimate of drug-likeness (QED) is 0.182. The van der Waals surface area contributed by atoms with Gasteiger partial charge in [0.15, 0.2) is 6.29 Å². The average molecular weight is 437 g/mol. The van der Waals surface area contributed by atoms with Crippen LogP contribution in [0.25, 0.3) is 0 Å². The fraction of sp³-hybridized carbons (Fsp3) is 0.857. The van der Waals surface area contributed by atoms with Gasteiger partial charge in [0.1, 0.15) is 0 Å². The molecule has 0 spiro atoms. The molecule has 1 aliphatic carbocycles. The molecule has 3 heteroatoms. The van der Waals surface area contributed by atoms with Gasteiger partial charge in [-0.15, -0.1) is 0 Å². The molecule has 2 atom stereocenters. The molecule has 1 fully saturated rings. The summed E-state index contributed by atoms with van der Waals surface area (Å²) in [5.74, 6) is 0.503. The van der Waals surface area contributed by atoms with Crippen LogP contribution in [0.5, 0.6) is 0 Å². The van der Waals surface area contributed by atoms with Crippen molar-refractivity contribution in [2.24, 2.45) is 16.7 Å². The first-order valence-corrected chi connectivity index (χ1v) is 12.8. The minimum atomic E-state index is -0.843. The lowest BCUT2D eigenvalue weighted by molar-refractivity contribution is -0.216. The number of aliphatic hydroxyl groups is 1. The van der Waals surface area contributed by atoms with E-state index in [1.54, 1.807) is 0 Å². The van der Waals surface area contributed by atoms with E-state index in [9.17, 15) is 5.11 Å². The second kappa shape index (κ2) is 13.2. The highest BCUT2D eigenvalue weighted by molar-refractivity contribution is 5.24. The van der Waals surface area contributed by atoms with Gasteiger partial charge in [-0.1, -0.05) is 99.3 Å². The monoisotopic (exact) mass is 436 g/mol. The van der Waals surface area contributed by atoms with Crippen LogP contribution in [0.1, 0.15) is 113 Å². The van der Waals surface area contributed by atoms with E-state index in [0.29, 0.717) is 17.9 Å². The zero-order valence-electron chi connectivity index (χ0n) is 21.9. The van der Waals surface area contributed by atoms with E-state index in [1.165, 1.54) is 37.7 Å². The van der Waals surface area contributed by atoms with E-state index >= 15 is 0 Å². The summed E-state index contributed by atoms with van der Waals surface area (Å²) in [7, 11) is 0. The Labute approximate surface area is 193 Å². The summed E-state index contributed by atoms with van der Waals surface area (Å²) >= 11 is 0. The van der Waals surface area contributed by atoms with Crippen molar-refractivity contribution < 1.29 is 14.6 Å². The van der Waals surface area contributed by atoms with Gasteiger partial charge >= 0.3 is 0 Å². The third-order valence-corrected chi connectivity index (χ3v) is 7.18. The fourth-order valence-corrected chi connectivity index (χ4v) is 4.68. The Morgan fingerprint density at radius 2 is 1.68 bits per heavy atom. The second-order valence-electron chi connectivity index (χ2n) is 11.4. The van der Waals surface area contributed by atoms with Crippen molar-refractivity contribution in [1.29, 1.82) is 0 Å². The first-order chi connectivity index (χ1) is 14.5. The third kappa shape index (κ3) is 10.2. The number of hydrogen-bond donors (Lipinski definition) is 1. The van der Waals surface area contributed by atoms with E-state index in [2.05, 4.69) is 73.6 Å². The van der Waals surface area contributed by atoms with Crippen LogP contribution >= 0.6 is 0 Å². The van der Waals surface area contributed by atoms with E-state index in [-0.39, 0.29) is 17.6 Å². The topological polar surface area (TPSA) is 38.7 Å². The van der Waals surface area contributed by atoms with Crippen LogP contribution in [-0.2, 0) is 9.47 Å². The first kappa shape index (κ1) is 28.4. The molecule has 0 heterocycles. The van der Waals surface area contributed by atoms with Gasteiger partial charge in [0.2, 0.25) is 0 Å². The van der Waals surface area contributed by atoms with Gasteiger partial charge in [0, 0.05) is 0 Å². The van der Waals surface area contributed by atoms with Gasteiger partial charge in [-0.2, -0.15) is 0 Å².